The van der Waals surface area contributed by atoms with Crippen molar-refractivity contribution in [1.29, 1.82) is 0 Å². The Morgan fingerprint density at radius 1 is 1.10 bits per heavy atom. The third kappa shape index (κ3) is 7.99. The lowest BCUT2D eigenvalue weighted by Crippen LogP contribution is -2.43. The fourth-order valence-corrected chi connectivity index (χ4v) is 3.70. The van der Waals surface area contributed by atoms with Crippen LogP contribution in [0.2, 0.25) is 0 Å². The molecule has 164 valence electrons. The van der Waals surface area contributed by atoms with E-state index in [1.165, 1.54) is 12.1 Å². The first-order valence-corrected chi connectivity index (χ1v) is 10.6. The average Bonchev–Trinajstić information content (AvgIpc) is 2.70. The maximum atomic E-state index is 12.3. The molecule has 2 rings (SSSR count). The van der Waals surface area contributed by atoms with E-state index in [0.717, 1.165) is 37.7 Å². The molecule has 1 saturated heterocycles. The second kappa shape index (κ2) is 12.1. The zero-order chi connectivity index (χ0) is 21.9. The number of aliphatic carboxylic acids is 1. The highest BCUT2D eigenvalue weighted by Crippen LogP contribution is 2.21. The summed E-state index contributed by atoms with van der Waals surface area (Å²) in [6.07, 6.45) is 8.93. The predicted molar refractivity (Wildman–Crippen MR) is 112 cm³/mol. The Kier molecular flexibility index (Phi) is 9.54. The van der Waals surface area contributed by atoms with Crippen LogP contribution in [0.5, 0.6) is 0 Å². The Bertz CT molecular complexity index is 743. The molecule has 1 unspecified atom stereocenters. The second-order valence-corrected chi connectivity index (χ2v) is 7.76. The number of carboxylic acid groups (broad SMARTS) is 2. The topological polar surface area (TPSA) is 115 Å². The minimum Gasteiger partial charge on any atom is -0.481 e. The van der Waals surface area contributed by atoms with Crippen molar-refractivity contribution >= 4 is 17.8 Å². The largest absolute Gasteiger partial charge is 0.481 e. The van der Waals surface area contributed by atoms with Crippen LogP contribution in [0.4, 0.5) is 0 Å². The number of unbranched alkanes of at least 4 members (excludes halogenated alkanes) is 3. The molecule has 1 amide bonds. The fraction of sp³-hybridized carbons (Fsp3) is 0.522. The van der Waals surface area contributed by atoms with Gasteiger partial charge in [0.15, 0.2) is 0 Å². The number of rotatable bonds is 12. The third-order valence-electron chi connectivity index (χ3n) is 5.35. The van der Waals surface area contributed by atoms with Crippen LogP contribution in [0.3, 0.4) is 0 Å². The van der Waals surface area contributed by atoms with Gasteiger partial charge in [-0.3, -0.25) is 9.59 Å². The number of carbonyl (C=O) groups is 3. The van der Waals surface area contributed by atoms with Gasteiger partial charge in [0.05, 0.1) is 17.7 Å². The normalized spacial score (nSPS) is 18.0. The van der Waals surface area contributed by atoms with Crippen LogP contribution in [0.15, 0.2) is 36.4 Å². The molecule has 0 saturated carbocycles. The number of nitrogens with zero attached hydrogens (tertiary/aromatic N) is 1. The Hall–Kier alpha value is -2.67. The quantitative estimate of drug-likeness (QED) is 0.355. The molecule has 0 aromatic heterocycles. The molecule has 30 heavy (non-hydrogen) atoms. The van der Waals surface area contributed by atoms with Crippen molar-refractivity contribution in [2.24, 2.45) is 0 Å². The minimum atomic E-state index is -0.981. The number of aromatic carboxylic acids is 1. The van der Waals surface area contributed by atoms with E-state index in [1.807, 2.05) is 11.0 Å². The van der Waals surface area contributed by atoms with Gasteiger partial charge in [-0.1, -0.05) is 37.1 Å². The number of hydrogen-bond donors (Lipinski definition) is 3. The lowest BCUT2D eigenvalue weighted by Gasteiger charge is -2.34. The highest BCUT2D eigenvalue weighted by Gasteiger charge is 2.25. The number of hydrogen-bond acceptors (Lipinski definition) is 4. The predicted octanol–water partition coefficient (Wildman–Crippen LogP) is 3.26. The molecule has 7 nitrogen and oxygen atoms in total. The molecule has 0 aliphatic carbocycles. The van der Waals surface area contributed by atoms with Crippen LogP contribution in [-0.4, -0.2) is 56.8 Å². The highest BCUT2D eigenvalue weighted by molar-refractivity contribution is 5.87. The molecular weight excluding hydrogens is 386 g/mol. The molecule has 7 heteroatoms. The van der Waals surface area contributed by atoms with Crippen molar-refractivity contribution in [1.82, 2.24) is 4.90 Å². The van der Waals surface area contributed by atoms with Crippen LogP contribution in [0.25, 0.3) is 0 Å². The smallest absolute Gasteiger partial charge is 0.335 e. The van der Waals surface area contributed by atoms with E-state index in [0.29, 0.717) is 25.8 Å². The van der Waals surface area contributed by atoms with Gasteiger partial charge in [0.2, 0.25) is 5.91 Å². The van der Waals surface area contributed by atoms with Gasteiger partial charge < -0.3 is 20.2 Å². The number of likely N-dealkylation sites (tertiary alicyclic amines) is 1. The van der Waals surface area contributed by atoms with E-state index in [4.69, 9.17) is 10.2 Å². The second-order valence-electron chi connectivity index (χ2n) is 7.76. The summed E-state index contributed by atoms with van der Waals surface area (Å²) in [7, 11) is 0. The van der Waals surface area contributed by atoms with Crippen LogP contribution >= 0.6 is 0 Å². The third-order valence-corrected chi connectivity index (χ3v) is 5.35. The molecule has 1 aliphatic heterocycles. The SMILES string of the molecule is O=C(O)CCCCCCN1C(=O)CCC[C@@H]1C=CC(O)Cc1ccc(C(=O)O)cc1. The maximum Gasteiger partial charge on any atom is 0.335 e. The van der Waals surface area contributed by atoms with Gasteiger partial charge in [-0.15, -0.1) is 0 Å². The molecule has 1 fully saturated rings. The van der Waals surface area contributed by atoms with Crippen LogP contribution in [-0.2, 0) is 16.0 Å². The van der Waals surface area contributed by atoms with Crippen molar-refractivity contribution < 1.29 is 29.7 Å². The number of benzene rings is 1. The molecule has 0 radical (unpaired) electrons. The van der Waals surface area contributed by atoms with E-state index in [-0.39, 0.29) is 23.9 Å². The monoisotopic (exact) mass is 417 g/mol. The van der Waals surface area contributed by atoms with Crippen molar-refractivity contribution in [3.8, 4) is 0 Å². The molecule has 1 heterocycles. The van der Waals surface area contributed by atoms with Gasteiger partial charge in [-0.05, 0) is 43.4 Å². The summed E-state index contributed by atoms with van der Waals surface area (Å²) in [4.78, 5) is 35.7. The summed E-state index contributed by atoms with van der Waals surface area (Å²) >= 11 is 0. The number of aliphatic hydroxyl groups is 1. The zero-order valence-corrected chi connectivity index (χ0v) is 17.2. The Labute approximate surface area is 177 Å². The van der Waals surface area contributed by atoms with Crippen LogP contribution in [0, 0.1) is 0 Å². The van der Waals surface area contributed by atoms with E-state index in [1.54, 1.807) is 18.2 Å². The van der Waals surface area contributed by atoms with E-state index in [2.05, 4.69) is 0 Å². The zero-order valence-electron chi connectivity index (χ0n) is 17.2. The van der Waals surface area contributed by atoms with E-state index >= 15 is 0 Å². The molecule has 1 aromatic carbocycles. The summed E-state index contributed by atoms with van der Waals surface area (Å²) < 4.78 is 0. The molecule has 1 aliphatic rings. The van der Waals surface area contributed by atoms with Gasteiger partial charge in [0.1, 0.15) is 0 Å². The number of carboxylic acids is 2. The van der Waals surface area contributed by atoms with Crippen LogP contribution < -0.4 is 0 Å². The Morgan fingerprint density at radius 3 is 2.47 bits per heavy atom. The van der Waals surface area contributed by atoms with Gasteiger partial charge in [-0.2, -0.15) is 0 Å². The van der Waals surface area contributed by atoms with Crippen molar-refractivity contribution in [3.05, 3.63) is 47.5 Å². The standard InChI is InChI=1S/C23H31NO6/c25-20(16-17-9-11-18(12-10-17)23(29)30)14-13-19-6-5-7-21(26)24(19)15-4-2-1-3-8-22(27)28/h9-14,19-20,25H,1-8,15-16H2,(H,27,28)(H,29,30)/t19-,20?/m1/s1. The Morgan fingerprint density at radius 2 is 1.80 bits per heavy atom. The Balaban J connectivity index is 1.83. The van der Waals surface area contributed by atoms with Gasteiger partial charge in [0.25, 0.3) is 0 Å². The maximum absolute atomic E-state index is 12.3. The molecule has 3 N–H and O–H groups in total. The molecule has 1 aromatic rings. The van der Waals surface area contributed by atoms with Crippen molar-refractivity contribution in [3.63, 3.8) is 0 Å². The number of piperidine rings is 1. The summed E-state index contributed by atoms with van der Waals surface area (Å²) in [5, 5.41) is 27.9. The van der Waals surface area contributed by atoms with E-state index in [9.17, 15) is 19.5 Å². The first-order chi connectivity index (χ1) is 14.4. The van der Waals surface area contributed by atoms with Gasteiger partial charge in [0, 0.05) is 25.8 Å². The first kappa shape index (κ1) is 23.6. The number of aliphatic hydroxyl groups excluding tert-OH is 1. The van der Waals surface area contributed by atoms with Crippen molar-refractivity contribution in [2.75, 3.05) is 6.54 Å². The molecule has 0 spiro atoms. The highest BCUT2D eigenvalue weighted by atomic mass is 16.4. The number of amides is 1. The molecular formula is C23H31NO6. The van der Waals surface area contributed by atoms with Crippen LogP contribution in [0.1, 0.15) is 67.3 Å². The summed E-state index contributed by atoms with van der Waals surface area (Å²) in [6, 6.07) is 6.40. The fourth-order valence-electron chi connectivity index (χ4n) is 3.70. The molecule has 2 atom stereocenters. The summed E-state index contributed by atoms with van der Waals surface area (Å²) in [6.45, 7) is 0.646. The van der Waals surface area contributed by atoms with E-state index < -0.39 is 18.0 Å². The first-order valence-electron chi connectivity index (χ1n) is 10.6. The van der Waals surface area contributed by atoms with Crippen molar-refractivity contribution in [2.45, 2.75) is 69.9 Å². The summed E-state index contributed by atoms with van der Waals surface area (Å²) in [5.74, 6) is -1.63. The average molecular weight is 418 g/mol. The number of carbonyl (C=O) groups excluding carboxylic acids is 1. The minimum absolute atomic E-state index is 0.0331. The lowest BCUT2D eigenvalue weighted by atomic mass is 9.98. The lowest BCUT2D eigenvalue weighted by molar-refractivity contribution is -0.137. The van der Waals surface area contributed by atoms with Gasteiger partial charge in [-0.25, -0.2) is 4.79 Å². The summed E-state index contributed by atoms with van der Waals surface area (Å²) in [5.41, 5.74) is 1.05. The molecule has 0 bridgehead atoms. The van der Waals surface area contributed by atoms with Gasteiger partial charge >= 0.3 is 11.9 Å².